The van der Waals surface area contributed by atoms with Crippen LogP contribution in [0.4, 0.5) is 23.7 Å². The summed E-state index contributed by atoms with van der Waals surface area (Å²) in [7, 11) is 0. The molecular formula is C23H25F3N4O4. The third kappa shape index (κ3) is 6.24. The fourth-order valence-electron chi connectivity index (χ4n) is 4.10. The zero-order valence-electron chi connectivity index (χ0n) is 18.5. The molecule has 0 bridgehead atoms. The summed E-state index contributed by atoms with van der Waals surface area (Å²) >= 11 is 0. The number of carbonyl (C=O) groups is 3. The summed E-state index contributed by atoms with van der Waals surface area (Å²) in [4.78, 5) is 41.8. The van der Waals surface area contributed by atoms with Crippen LogP contribution in [0.25, 0.3) is 0 Å². The molecule has 1 spiro atoms. The summed E-state index contributed by atoms with van der Waals surface area (Å²) in [5.41, 5.74) is 2.94. The molecule has 0 aliphatic carbocycles. The van der Waals surface area contributed by atoms with E-state index in [0.717, 1.165) is 23.2 Å². The quantitative estimate of drug-likeness (QED) is 0.704. The fourth-order valence-corrected chi connectivity index (χ4v) is 4.10. The minimum atomic E-state index is -5.08. The van der Waals surface area contributed by atoms with E-state index in [4.69, 9.17) is 9.90 Å². The molecule has 3 heterocycles. The number of aliphatic carboxylic acids is 1. The predicted octanol–water partition coefficient (Wildman–Crippen LogP) is 3.36. The second-order valence-corrected chi connectivity index (χ2v) is 8.49. The minimum Gasteiger partial charge on any atom is -0.475 e. The molecule has 4 rings (SSSR count). The molecule has 2 aliphatic rings. The molecule has 1 atom stereocenters. The standard InChI is InChI=1S/C21H24N4O2.C2HF3O2/c1-16-4-2-6-18(10-16)25-15-21(11-19(25)26)7-9-24(14-21)20(27)23-13-17-5-3-8-22-12-17;3-2(4,5)1(6)7/h2-6,8,10,12H,7,9,11,13-15H2,1H3,(H,23,27);(H,6,7). The summed E-state index contributed by atoms with van der Waals surface area (Å²) in [6, 6.07) is 11.8. The Morgan fingerprint density at radius 3 is 2.56 bits per heavy atom. The van der Waals surface area contributed by atoms with E-state index >= 15 is 0 Å². The number of aromatic nitrogens is 1. The molecule has 11 heteroatoms. The summed E-state index contributed by atoms with van der Waals surface area (Å²) in [5, 5.41) is 10.1. The van der Waals surface area contributed by atoms with Gasteiger partial charge >= 0.3 is 18.2 Å². The predicted molar refractivity (Wildman–Crippen MR) is 117 cm³/mol. The van der Waals surface area contributed by atoms with Crippen LogP contribution < -0.4 is 10.2 Å². The van der Waals surface area contributed by atoms with Crippen molar-refractivity contribution >= 4 is 23.6 Å². The molecule has 2 fully saturated rings. The lowest BCUT2D eigenvalue weighted by atomic mass is 9.86. The second kappa shape index (κ2) is 10.1. The van der Waals surface area contributed by atoms with Crippen molar-refractivity contribution in [1.82, 2.24) is 15.2 Å². The molecule has 8 nitrogen and oxygen atoms in total. The van der Waals surface area contributed by atoms with Crippen LogP contribution in [0.3, 0.4) is 0 Å². The molecule has 0 radical (unpaired) electrons. The number of amides is 3. The van der Waals surface area contributed by atoms with Crippen LogP contribution in [-0.4, -0.2) is 58.7 Å². The van der Waals surface area contributed by atoms with Gasteiger partial charge in [-0.25, -0.2) is 9.59 Å². The van der Waals surface area contributed by atoms with Crippen molar-refractivity contribution in [1.29, 1.82) is 0 Å². The number of urea groups is 1. The number of carbonyl (C=O) groups excluding carboxylic acids is 2. The van der Waals surface area contributed by atoms with Crippen molar-refractivity contribution in [2.24, 2.45) is 5.41 Å². The first kappa shape index (κ1) is 25.0. The second-order valence-electron chi connectivity index (χ2n) is 8.49. The molecule has 1 aromatic carbocycles. The van der Waals surface area contributed by atoms with E-state index in [9.17, 15) is 22.8 Å². The Hall–Kier alpha value is -3.63. The van der Waals surface area contributed by atoms with Gasteiger partial charge in [0.25, 0.3) is 0 Å². The van der Waals surface area contributed by atoms with Crippen molar-refractivity contribution in [3.8, 4) is 0 Å². The number of halogens is 3. The molecule has 1 unspecified atom stereocenters. The average Bonchev–Trinajstić information content (AvgIpc) is 3.35. The maximum absolute atomic E-state index is 12.6. The number of hydrogen-bond donors (Lipinski definition) is 2. The van der Waals surface area contributed by atoms with Gasteiger partial charge in [0.05, 0.1) is 0 Å². The van der Waals surface area contributed by atoms with Crippen molar-refractivity contribution < 1.29 is 32.7 Å². The molecule has 182 valence electrons. The molecule has 3 amide bonds. The van der Waals surface area contributed by atoms with Crippen LogP contribution in [0.1, 0.15) is 24.0 Å². The van der Waals surface area contributed by atoms with E-state index in [1.165, 1.54) is 0 Å². The first-order chi connectivity index (χ1) is 16.0. The zero-order chi connectivity index (χ0) is 24.9. The average molecular weight is 478 g/mol. The van der Waals surface area contributed by atoms with E-state index in [2.05, 4.69) is 10.3 Å². The Bertz CT molecular complexity index is 1050. The SMILES string of the molecule is Cc1cccc(N2CC3(CCN(C(=O)NCc4cccnc4)C3)CC2=O)c1.O=C(O)C(F)(F)F. The maximum atomic E-state index is 12.6. The largest absolute Gasteiger partial charge is 0.490 e. The fraction of sp³-hybridized carbons (Fsp3) is 0.391. The number of likely N-dealkylation sites (tertiary alicyclic amines) is 1. The van der Waals surface area contributed by atoms with Gasteiger partial charge in [-0.3, -0.25) is 9.78 Å². The smallest absolute Gasteiger partial charge is 0.475 e. The summed E-state index contributed by atoms with van der Waals surface area (Å²) in [6.07, 6.45) is -0.248. The van der Waals surface area contributed by atoms with Crippen LogP contribution in [0, 0.1) is 12.3 Å². The number of alkyl halides is 3. The van der Waals surface area contributed by atoms with E-state index in [-0.39, 0.29) is 17.4 Å². The molecule has 2 aromatic rings. The number of anilines is 1. The number of nitrogens with zero attached hydrogens (tertiary/aromatic N) is 3. The highest BCUT2D eigenvalue weighted by Gasteiger charge is 2.48. The lowest BCUT2D eigenvalue weighted by molar-refractivity contribution is -0.192. The lowest BCUT2D eigenvalue weighted by Gasteiger charge is -2.24. The molecule has 2 saturated heterocycles. The van der Waals surface area contributed by atoms with Gasteiger partial charge in [0.15, 0.2) is 0 Å². The number of nitrogens with one attached hydrogen (secondary N) is 1. The highest BCUT2D eigenvalue weighted by molar-refractivity contribution is 5.96. The highest BCUT2D eigenvalue weighted by Crippen LogP contribution is 2.41. The van der Waals surface area contributed by atoms with Gasteiger partial charge in [0.1, 0.15) is 0 Å². The van der Waals surface area contributed by atoms with Gasteiger partial charge in [0.2, 0.25) is 5.91 Å². The van der Waals surface area contributed by atoms with Gasteiger partial charge in [-0.2, -0.15) is 13.2 Å². The third-order valence-corrected chi connectivity index (χ3v) is 5.77. The molecule has 2 aliphatic heterocycles. The topological polar surface area (TPSA) is 103 Å². The summed E-state index contributed by atoms with van der Waals surface area (Å²) in [5.74, 6) is -2.61. The van der Waals surface area contributed by atoms with Crippen LogP contribution in [-0.2, 0) is 16.1 Å². The van der Waals surface area contributed by atoms with Gasteiger partial charge in [-0.05, 0) is 42.7 Å². The lowest BCUT2D eigenvalue weighted by Crippen LogP contribution is -2.40. The Morgan fingerprint density at radius 1 is 1.21 bits per heavy atom. The minimum absolute atomic E-state index is 0.0721. The number of pyridine rings is 1. The number of hydrogen-bond acceptors (Lipinski definition) is 4. The number of benzene rings is 1. The maximum Gasteiger partial charge on any atom is 0.490 e. The van der Waals surface area contributed by atoms with Crippen molar-refractivity contribution in [3.05, 3.63) is 59.9 Å². The van der Waals surface area contributed by atoms with Crippen molar-refractivity contribution in [2.75, 3.05) is 24.5 Å². The van der Waals surface area contributed by atoms with Gasteiger partial charge < -0.3 is 20.2 Å². The van der Waals surface area contributed by atoms with Crippen molar-refractivity contribution in [3.63, 3.8) is 0 Å². The van der Waals surface area contributed by atoms with E-state index in [0.29, 0.717) is 32.6 Å². The van der Waals surface area contributed by atoms with E-state index in [1.54, 1.807) is 12.4 Å². The molecule has 34 heavy (non-hydrogen) atoms. The first-order valence-electron chi connectivity index (χ1n) is 10.6. The number of carboxylic acids is 1. The number of aryl methyl sites for hydroxylation is 1. The van der Waals surface area contributed by atoms with E-state index in [1.807, 2.05) is 53.1 Å². The Balaban J connectivity index is 0.000000406. The molecular weight excluding hydrogens is 453 g/mol. The molecule has 2 N–H and O–H groups in total. The van der Waals surface area contributed by atoms with Gasteiger partial charge in [0, 0.05) is 56.1 Å². The van der Waals surface area contributed by atoms with Crippen LogP contribution >= 0.6 is 0 Å². The third-order valence-electron chi connectivity index (χ3n) is 5.77. The first-order valence-corrected chi connectivity index (χ1v) is 10.6. The van der Waals surface area contributed by atoms with Gasteiger partial charge in [-0.15, -0.1) is 0 Å². The molecule has 1 aromatic heterocycles. The summed E-state index contributed by atoms with van der Waals surface area (Å²) in [6.45, 7) is 4.49. The number of carboxylic acid groups (broad SMARTS) is 1. The monoisotopic (exact) mass is 478 g/mol. The molecule has 0 saturated carbocycles. The van der Waals surface area contributed by atoms with E-state index < -0.39 is 12.1 Å². The highest BCUT2D eigenvalue weighted by atomic mass is 19.4. The Kier molecular flexibility index (Phi) is 7.43. The van der Waals surface area contributed by atoms with Crippen molar-refractivity contribution in [2.45, 2.75) is 32.5 Å². The Labute approximate surface area is 194 Å². The van der Waals surface area contributed by atoms with Gasteiger partial charge in [-0.1, -0.05) is 18.2 Å². The summed E-state index contributed by atoms with van der Waals surface area (Å²) < 4.78 is 31.7. The Morgan fingerprint density at radius 2 is 1.94 bits per heavy atom. The van der Waals surface area contributed by atoms with Crippen LogP contribution in [0.15, 0.2) is 48.8 Å². The number of rotatable bonds is 3. The zero-order valence-corrected chi connectivity index (χ0v) is 18.5. The van der Waals surface area contributed by atoms with Crippen LogP contribution in [0.5, 0.6) is 0 Å². The normalized spacial score (nSPS) is 19.7. The van der Waals surface area contributed by atoms with Crippen LogP contribution in [0.2, 0.25) is 0 Å².